The van der Waals surface area contributed by atoms with Crippen molar-refractivity contribution in [3.8, 4) is 17.2 Å². The van der Waals surface area contributed by atoms with E-state index in [1.54, 1.807) is 37.5 Å². The molecule has 0 N–H and O–H groups in total. The molecule has 0 amide bonds. The summed E-state index contributed by atoms with van der Waals surface area (Å²) in [5.41, 5.74) is 1.69. The van der Waals surface area contributed by atoms with Crippen molar-refractivity contribution in [2.75, 3.05) is 13.9 Å². The lowest BCUT2D eigenvalue weighted by Gasteiger charge is -2.02. The second-order valence-electron chi connectivity index (χ2n) is 5.18. The van der Waals surface area contributed by atoms with Crippen LogP contribution in [-0.4, -0.2) is 25.8 Å². The second-order valence-corrected chi connectivity index (χ2v) is 5.18. The van der Waals surface area contributed by atoms with Gasteiger partial charge in [-0.05, 0) is 42.0 Å². The third kappa shape index (κ3) is 2.58. The van der Waals surface area contributed by atoms with Gasteiger partial charge in [0.1, 0.15) is 5.75 Å². The Morgan fingerprint density at radius 1 is 1.12 bits per heavy atom. The van der Waals surface area contributed by atoms with Crippen LogP contribution in [-0.2, 0) is 9.53 Å². The van der Waals surface area contributed by atoms with Gasteiger partial charge in [0.2, 0.25) is 12.7 Å². The van der Waals surface area contributed by atoms with E-state index in [4.69, 9.17) is 18.9 Å². The molecule has 0 saturated carbocycles. The number of esters is 1. The van der Waals surface area contributed by atoms with Gasteiger partial charge in [-0.1, -0.05) is 12.1 Å². The maximum Gasteiger partial charge on any atom is 0.363 e. The van der Waals surface area contributed by atoms with Crippen LogP contribution in [0.25, 0.3) is 6.08 Å². The van der Waals surface area contributed by atoms with Crippen LogP contribution in [0.1, 0.15) is 11.1 Å². The molecule has 6 nitrogen and oxygen atoms in total. The number of methoxy groups -OCH3 is 1. The Kier molecular flexibility index (Phi) is 3.42. The molecule has 6 heteroatoms. The normalized spacial score (nSPS) is 17.0. The minimum atomic E-state index is -0.495. The van der Waals surface area contributed by atoms with Crippen LogP contribution in [0.5, 0.6) is 17.2 Å². The van der Waals surface area contributed by atoms with Gasteiger partial charge >= 0.3 is 5.97 Å². The fraction of sp³-hybridized carbons (Fsp3) is 0.111. The molecule has 2 aromatic rings. The highest BCUT2D eigenvalue weighted by molar-refractivity contribution is 6.13. The summed E-state index contributed by atoms with van der Waals surface area (Å²) in [5.74, 6) is 1.76. The van der Waals surface area contributed by atoms with E-state index in [-0.39, 0.29) is 18.4 Å². The van der Waals surface area contributed by atoms with Crippen molar-refractivity contribution in [3.63, 3.8) is 0 Å². The summed E-state index contributed by atoms with van der Waals surface area (Å²) < 4.78 is 21.0. The molecule has 0 fully saturated rings. The highest BCUT2D eigenvalue weighted by Gasteiger charge is 2.24. The summed E-state index contributed by atoms with van der Waals surface area (Å²) in [5, 5.41) is 0. The fourth-order valence-corrected chi connectivity index (χ4v) is 2.45. The zero-order valence-corrected chi connectivity index (χ0v) is 12.8. The average molecular weight is 323 g/mol. The van der Waals surface area contributed by atoms with E-state index >= 15 is 0 Å². The number of hydrogen-bond acceptors (Lipinski definition) is 6. The Morgan fingerprint density at radius 2 is 2.00 bits per heavy atom. The maximum absolute atomic E-state index is 12.1. The van der Waals surface area contributed by atoms with Gasteiger partial charge in [-0.25, -0.2) is 9.79 Å². The third-order valence-electron chi connectivity index (χ3n) is 3.64. The molecule has 2 aliphatic rings. The lowest BCUT2D eigenvalue weighted by molar-refractivity contribution is -0.129. The van der Waals surface area contributed by atoms with E-state index in [1.807, 2.05) is 18.2 Å². The number of nitrogens with zero attached hydrogens (tertiary/aromatic N) is 1. The van der Waals surface area contributed by atoms with Crippen LogP contribution in [0.15, 0.2) is 53.2 Å². The number of fused-ring (bicyclic) bond motifs is 1. The molecule has 2 aromatic carbocycles. The number of carbonyl (C=O) groups is 1. The Hall–Kier alpha value is -3.28. The first-order valence-corrected chi connectivity index (χ1v) is 7.29. The summed E-state index contributed by atoms with van der Waals surface area (Å²) in [6, 6.07) is 12.6. The summed E-state index contributed by atoms with van der Waals surface area (Å²) in [7, 11) is 1.58. The molecule has 0 unspecified atom stereocenters. The average Bonchev–Trinajstić information content (AvgIpc) is 3.21. The van der Waals surface area contributed by atoms with E-state index in [0.717, 1.165) is 5.56 Å². The lowest BCUT2D eigenvalue weighted by Crippen LogP contribution is -2.05. The summed E-state index contributed by atoms with van der Waals surface area (Å²) in [4.78, 5) is 16.3. The van der Waals surface area contributed by atoms with Crippen LogP contribution in [0.2, 0.25) is 0 Å². The first-order chi connectivity index (χ1) is 11.7. The number of cyclic esters (lactones) is 1. The molecular weight excluding hydrogens is 310 g/mol. The molecule has 0 saturated heterocycles. The number of rotatable bonds is 3. The standard InChI is InChI=1S/C18H13NO5/c1-21-13-4-2-3-12(9-13)17-19-14(18(20)24-17)7-11-5-6-15-16(8-11)23-10-22-15/h2-9H,10H2,1H3. The molecule has 0 aliphatic carbocycles. The maximum atomic E-state index is 12.1. The zero-order chi connectivity index (χ0) is 16.5. The van der Waals surface area contributed by atoms with E-state index < -0.39 is 5.97 Å². The van der Waals surface area contributed by atoms with Gasteiger partial charge in [-0.3, -0.25) is 0 Å². The zero-order valence-electron chi connectivity index (χ0n) is 12.8. The highest BCUT2D eigenvalue weighted by Crippen LogP contribution is 2.33. The Labute approximate surface area is 137 Å². The minimum absolute atomic E-state index is 0.204. The molecule has 0 atom stereocenters. The molecule has 0 bridgehead atoms. The van der Waals surface area contributed by atoms with E-state index in [1.165, 1.54) is 0 Å². The van der Waals surface area contributed by atoms with Crippen LogP contribution >= 0.6 is 0 Å². The Bertz CT molecular complexity index is 885. The van der Waals surface area contributed by atoms with E-state index in [2.05, 4.69) is 4.99 Å². The summed E-state index contributed by atoms with van der Waals surface area (Å²) in [6.45, 7) is 0.204. The molecule has 2 heterocycles. The van der Waals surface area contributed by atoms with Crippen molar-refractivity contribution >= 4 is 17.9 Å². The number of ether oxygens (including phenoxy) is 4. The monoisotopic (exact) mass is 323 g/mol. The van der Waals surface area contributed by atoms with Crippen LogP contribution in [0.3, 0.4) is 0 Å². The number of aliphatic imine (C=N–C) groups is 1. The first kappa shape index (κ1) is 14.3. The van der Waals surface area contributed by atoms with Gasteiger partial charge in [0.05, 0.1) is 7.11 Å². The van der Waals surface area contributed by atoms with Crippen molar-refractivity contribution in [3.05, 3.63) is 59.3 Å². The lowest BCUT2D eigenvalue weighted by atomic mass is 10.1. The van der Waals surface area contributed by atoms with Gasteiger partial charge < -0.3 is 18.9 Å². The van der Waals surface area contributed by atoms with E-state index in [9.17, 15) is 4.79 Å². The van der Waals surface area contributed by atoms with Crippen molar-refractivity contribution in [1.82, 2.24) is 0 Å². The predicted octanol–water partition coefficient (Wildman–Crippen LogP) is 2.77. The molecule has 0 radical (unpaired) electrons. The van der Waals surface area contributed by atoms with Crippen molar-refractivity contribution in [1.29, 1.82) is 0 Å². The molecule has 24 heavy (non-hydrogen) atoms. The minimum Gasteiger partial charge on any atom is -0.497 e. The molecule has 120 valence electrons. The molecule has 2 aliphatic heterocycles. The summed E-state index contributed by atoms with van der Waals surface area (Å²) in [6.07, 6.45) is 1.65. The first-order valence-electron chi connectivity index (χ1n) is 7.29. The smallest absolute Gasteiger partial charge is 0.363 e. The highest BCUT2D eigenvalue weighted by atomic mass is 16.7. The Balaban J connectivity index is 1.65. The summed E-state index contributed by atoms with van der Waals surface area (Å²) >= 11 is 0. The van der Waals surface area contributed by atoms with Crippen LogP contribution in [0.4, 0.5) is 0 Å². The molecule has 4 rings (SSSR count). The fourth-order valence-electron chi connectivity index (χ4n) is 2.45. The number of hydrogen-bond donors (Lipinski definition) is 0. The van der Waals surface area contributed by atoms with Crippen molar-refractivity contribution < 1.29 is 23.7 Å². The molecule has 0 aromatic heterocycles. The van der Waals surface area contributed by atoms with E-state index in [0.29, 0.717) is 22.8 Å². The third-order valence-corrected chi connectivity index (χ3v) is 3.64. The van der Waals surface area contributed by atoms with Crippen molar-refractivity contribution in [2.24, 2.45) is 4.99 Å². The van der Waals surface area contributed by atoms with Gasteiger partial charge in [0.15, 0.2) is 17.2 Å². The van der Waals surface area contributed by atoms with Gasteiger partial charge in [-0.15, -0.1) is 0 Å². The number of carbonyl (C=O) groups excluding carboxylic acids is 1. The number of benzene rings is 2. The SMILES string of the molecule is COc1cccc(C2=NC(=Cc3ccc4c(c3)OCO4)C(=O)O2)c1. The van der Waals surface area contributed by atoms with Crippen LogP contribution < -0.4 is 14.2 Å². The quantitative estimate of drug-likeness (QED) is 0.642. The largest absolute Gasteiger partial charge is 0.497 e. The predicted molar refractivity (Wildman–Crippen MR) is 86.2 cm³/mol. The molecular formula is C18H13NO5. The van der Waals surface area contributed by atoms with Gasteiger partial charge in [0.25, 0.3) is 0 Å². The van der Waals surface area contributed by atoms with Crippen molar-refractivity contribution in [2.45, 2.75) is 0 Å². The van der Waals surface area contributed by atoms with Gasteiger partial charge in [-0.2, -0.15) is 0 Å². The van der Waals surface area contributed by atoms with Crippen LogP contribution in [0, 0.1) is 0 Å². The second kappa shape index (κ2) is 5.73. The molecule has 0 spiro atoms. The van der Waals surface area contributed by atoms with Gasteiger partial charge in [0, 0.05) is 5.56 Å². The Morgan fingerprint density at radius 3 is 2.88 bits per heavy atom. The topological polar surface area (TPSA) is 66.3 Å².